The number of phenols is 1. The first kappa shape index (κ1) is 15.7. The number of carboxylic acids is 1. The summed E-state index contributed by atoms with van der Waals surface area (Å²) in [6.07, 6.45) is 1.27. The van der Waals surface area contributed by atoms with Gasteiger partial charge in [-0.05, 0) is 35.9 Å². The van der Waals surface area contributed by atoms with Crippen LogP contribution in [0.2, 0.25) is 0 Å². The molecule has 0 saturated carbocycles. The van der Waals surface area contributed by atoms with E-state index in [-0.39, 0.29) is 28.1 Å². The molecule has 0 aromatic heterocycles. The van der Waals surface area contributed by atoms with E-state index in [1.807, 2.05) is 6.07 Å². The number of nitrogens with zero attached hydrogens (tertiary/aromatic N) is 2. The minimum atomic E-state index is -1.09. The van der Waals surface area contributed by atoms with Crippen LogP contribution >= 0.6 is 0 Å². The van der Waals surface area contributed by atoms with Gasteiger partial charge in [0, 0.05) is 6.07 Å². The number of nitro groups is 1. The summed E-state index contributed by atoms with van der Waals surface area (Å²) in [5, 5.41) is 38.6. The summed E-state index contributed by atoms with van der Waals surface area (Å²) in [5.41, 5.74) is 0.409. The molecule has 0 aliphatic rings. The third-order valence-corrected chi connectivity index (χ3v) is 3.07. The van der Waals surface area contributed by atoms with E-state index in [1.165, 1.54) is 42.5 Å². The van der Waals surface area contributed by atoms with Crippen LogP contribution < -0.4 is 0 Å². The topological polar surface area (TPSA) is 124 Å². The lowest BCUT2D eigenvalue weighted by atomic mass is 10.0. The number of hydrogen-bond donors (Lipinski definition) is 2. The Morgan fingerprint density at radius 2 is 1.78 bits per heavy atom. The Hall–Kier alpha value is -3.66. The number of carbonyl (C=O) groups is 1. The highest BCUT2D eigenvalue weighted by molar-refractivity contribution is 5.93. The zero-order chi connectivity index (χ0) is 17.0. The molecular formula is C16H10N2O5. The summed E-state index contributed by atoms with van der Waals surface area (Å²) in [5.74, 6) is -1.26. The number of allylic oxidation sites excluding steroid dienone is 1. The van der Waals surface area contributed by atoms with Crippen molar-refractivity contribution >= 4 is 23.3 Å². The minimum Gasteiger partial charge on any atom is -0.508 e. The van der Waals surface area contributed by atoms with Gasteiger partial charge in [0.05, 0.1) is 27.7 Å². The van der Waals surface area contributed by atoms with Gasteiger partial charge in [0.15, 0.2) is 0 Å². The molecule has 0 aliphatic heterocycles. The first-order valence-corrected chi connectivity index (χ1v) is 6.35. The SMILES string of the molecule is N#C/C(=C/c1cc(O)ccc1[N+](=O)[O-])c1ccc(C(=O)O)cc1. The van der Waals surface area contributed by atoms with Gasteiger partial charge < -0.3 is 10.2 Å². The van der Waals surface area contributed by atoms with E-state index in [4.69, 9.17) is 5.11 Å². The van der Waals surface area contributed by atoms with E-state index in [9.17, 15) is 25.3 Å². The Balaban J connectivity index is 2.51. The predicted molar refractivity (Wildman–Crippen MR) is 81.6 cm³/mol. The van der Waals surface area contributed by atoms with Crippen LogP contribution in [0.5, 0.6) is 5.75 Å². The van der Waals surface area contributed by atoms with E-state index in [2.05, 4.69) is 0 Å². The number of aromatic hydroxyl groups is 1. The Kier molecular flexibility index (Phi) is 4.38. The molecule has 7 nitrogen and oxygen atoms in total. The number of nitriles is 1. The van der Waals surface area contributed by atoms with Crippen LogP contribution in [0, 0.1) is 21.4 Å². The Bertz CT molecular complexity index is 848. The number of aromatic carboxylic acids is 1. The van der Waals surface area contributed by atoms with Crippen molar-refractivity contribution in [1.82, 2.24) is 0 Å². The van der Waals surface area contributed by atoms with Crippen molar-refractivity contribution in [1.29, 1.82) is 5.26 Å². The van der Waals surface area contributed by atoms with Gasteiger partial charge in [-0.1, -0.05) is 12.1 Å². The van der Waals surface area contributed by atoms with Gasteiger partial charge in [0.1, 0.15) is 5.75 Å². The molecule has 0 fully saturated rings. The van der Waals surface area contributed by atoms with Crippen LogP contribution in [0.1, 0.15) is 21.5 Å². The molecule has 0 amide bonds. The van der Waals surface area contributed by atoms with Crippen molar-refractivity contribution < 1.29 is 19.9 Å². The fourth-order valence-corrected chi connectivity index (χ4v) is 1.95. The normalized spacial score (nSPS) is 10.8. The second kappa shape index (κ2) is 6.41. The molecule has 114 valence electrons. The van der Waals surface area contributed by atoms with Gasteiger partial charge >= 0.3 is 5.97 Å². The summed E-state index contributed by atoms with van der Waals surface area (Å²) >= 11 is 0. The van der Waals surface area contributed by atoms with Crippen molar-refractivity contribution in [2.24, 2.45) is 0 Å². The lowest BCUT2D eigenvalue weighted by Crippen LogP contribution is -1.96. The second-order valence-electron chi connectivity index (χ2n) is 4.55. The Morgan fingerprint density at radius 3 is 2.30 bits per heavy atom. The third-order valence-electron chi connectivity index (χ3n) is 3.07. The first-order chi connectivity index (χ1) is 10.9. The summed E-state index contributed by atoms with van der Waals surface area (Å²) < 4.78 is 0. The average Bonchev–Trinajstić information content (AvgIpc) is 2.52. The van der Waals surface area contributed by atoms with Crippen molar-refractivity contribution in [2.45, 2.75) is 0 Å². The van der Waals surface area contributed by atoms with Crippen molar-refractivity contribution in [2.75, 3.05) is 0 Å². The van der Waals surface area contributed by atoms with Crippen molar-refractivity contribution in [3.05, 3.63) is 69.3 Å². The van der Waals surface area contributed by atoms with Gasteiger partial charge in [-0.15, -0.1) is 0 Å². The fourth-order valence-electron chi connectivity index (χ4n) is 1.95. The summed E-state index contributed by atoms with van der Waals surface area (Å²) in [6.45, 7) is 0. The molecule has 0 spiro atoms. The van der Waals surface area contributed by atoms with Crippen LogP contribution in [-0.4, -0.2) is 21.1 Å². The van der Waals surface area contributed by atoms with Crippen LogP contribution in [0.3, 0.4) is 0 Å². The maximum absolute atomic E-state index is 11.0. The number of carboxylic acid groups (broad SMARTS) is 1. The minimum absolute atomic E-state index is 0.0642. The molecule has 2 N–H and O–H groups in total. The highest BCUT2D eigenvalue weighted by Gasteiger charge is 2.14. The van der Waals surface area contributed by atoms with Crippen molar-refractivity contribution in [3.8, 4) is 11.8 Å². The lowest BCUT2D eigenvalue weighted by molar-refractivity contribution is -0.385. The van der Waals surface area contributed by atoms with Gasteiger partial charge in [-0.2, -0.15) is 5.26 Å². The van der Waals surface area contributed by atoms with Gasteiger partial charge in [0.2, 0.25) is 0 Å². The monoisotopic (exact) mass is 310 g/mol. The summed E-state index contributed by atoms with van der Waals surface area (Å²) in [4.78, 5) is 21.2. The molecule has 0 unspecified atom stereocenters. The molecule has 0 heterocycles. The number of benzene rings is 2. The van der Waals surface area contributed by atoms with E-state index in [0.717, 1.165) is 6.07 Å². The van der Waals surface area contributed by atoms with Gasteiger partial charge in [-0.25, -0.2) is 4.79 Å². The van der Waals surface area contributed by atoms with E-state index < -0.39 is 10.9 Å². The molecule has 0 aliphatic carbocycles. The quantitative estimate of drug-likeness (QED) is 0.387. The zero-order valence-corrected chi connectivity index (χ0v) is 11.6. The maximum Gasteiger partial charge on any atom is 0.335 e. The number of hydrogen-bond acceptors (Lipinski definition) is 5. The molecule has 0 saturated heterocycles. The largest absolute Gasteiger partial charge is 0.508 e. The molecular weight excluding hydrogens is 300 g/mol. The van der Waals surface area contributed by atoms with E-state index in [1.54, 1.807) is 0 Å². The Labute approximate surface area is 130 Å². The third kappa shape index (κ3) is 3.51. The molecule has 7 heteroatoms. The van der Waals surface area contributed by atoms with E-state index >= 15 is 0 Å². The van der Waals surface area contributed by atoms with Crippen LogP contribution in [0.25, 0.3) is 11.6 Å². The first-order valence-electron chi connectivity index (χ1n) is 6.35. The predicted octanol–water partition coefficient (Wildman–Crippen LogP) is 3.06. The maximum atomic E-state index is 11.0. The fraction of sp³-hybridized carbons (Fsp3) is 0. The molecule has 23 heavy (non-hydrogen) atoms. The average molecular weight is 310 g/mol. The molecule has 2 rings (SSSR count). The smallest absolute Gasteiger partial charge is 0.335 e. The zero-order valence-electron chi connectivity index (χ0n) is 11.6. The van der Waals surface area contributed by atoms with Crippen molar-refractivity contribution in [3.63, 3.8) is 0 Å². The van der Waals surface area contributed by atoms with Crippen LogP contribution in [0.15, 0.2) is 42.5 Å². The standard InChI is InChI=1S/C16H10N2O5/c17-9-13(10-1-3-11(4-2-10)16(20)21)7-12-8-14(19)5-6-15(12)18(22)23/h1-8,19H,(H,20,21)/b13-7-. The number of nitro benzene ring substituents is 1. The highest BCUT2D eigenvalue weighted by atomic mass is 16.6. The van der Waals surface area contributed by atoms with Crippen LogP contribution in [-0.2, 0) is 0 Å². The van der Waals surface area contributed by atoms with Gasteiger partial charge in [-0.3, -0.25) is 10.1 Å². The number of rotatable bonds is 4. The molecule has 0 bridgehead atoms. The highest BCUT2D eigenvalue weighted by Crippen LogP contribution is 2.27. The molecule has 0 radical (unpaired) electrons. The molecule has 2 aromatic carbocycles. The molecule has 0 atom stereocenters. The van der Waals surface area contributed by atoms with Gasteiger partial charge in [0.25, 0.3) is 5.69 Å². The lowest BCUT2D eigenvalue weighted by Gasteiger charge is -2.02. The number of phenolic OH excluding ortho intramolecular Hbond substituents is 1. The molecule has 2 aromatic rings. The Morgan fingerprint density at radius 1 is 1.17 bits per heavy atom. The summed E-state index contributed by atoms with van der Waals surface area (Å²) in [6, 6.07) is 11.0. The summed E-state index contributed by atoms with van der Waals surface area (Å²) in [7, 11) is 0. The second-order valence-corrected chi connectivity index (χ2v) is 4.55. The van der Waals surface area contributed by atoms with E-state index in [0.29, 0.717) is 5.56 Å². The van der Waals surface area contributed by atoms with Crippen LogP contribution in [0.4, 0.5) is 5.69 Å².